The lowest BCUT2D eigenvalue weighted by Crippen LogP contribution is -2.13. The van der Waals surface area contributed by atoms with Crippen molar-refractivity contribution in [1.82, 2.24) is 4.57 Å². The summed E-state index contributed by atoms with van der Waals surface area (Å²) in [5.41, 5.74) is -1.23. The van der Waals surface area contributed by atoms with E-state index in [9.17, 15) is 36.2 Å². The largest absolute Gasteiger partial charge is 0.481 e. The summed E-state index contributed by atoms with van der Waals surface area (Å²) in [6.45, 7) is 0.185. The molecule has 0 unspecified atom stereocenters. The van der Waals surface area contributed by atoms with Gasteiger partial charge in [-0.05, 0) is 41.5 Å². The summed E-state index contributed by atoms with van der Waals surface area (Å²) in [6.07, 6.45) is -8.66. The molecule has 1 aromatic heterocycles. The van der Waals surface area contributed by atoms with Gasteiger partial charge in [0.15, 0.2) is 5.75 Å². The lowest BCUT2D eigenvalue weighted by Gasteiger charge is -2.19. The Bertz CT molecular complexity index is 1360. The number of hydrogen-bond acceptors (Lipinski definition) is 2. The number of alkyl halides is 6. The van der Waals surface area contributed by atoms with Crippen LogP contribution in [0.15, 0.2) is 72.9 Å². The molecule has 0 amide bonds. The van der Waals surface area contributed by atoms with Crippen LogP contribution in [0.4, 0.5) is 26.3 Å². The minimum atomic E-state index is -5.06. The maximum atomic E-state index is 13.4. The molecule has 0 bridgehead atoms. The molecule has 4 nitrogen and oxygen atoms in total. The average molecular weight is 493 g/mol. The number of halogens is 6. The summed E-state index contributed by atoms with van der Waals surface area (Å²) in [4.78, 5) is 11.2. The molecule has 0 spiro atoms. The van der Waals surface area contributed by atoms with Gasteiger partial charge in [-0.2, -0.15) is 26.3 Å². The molecule has 0 radical (unpaired) electrons. The van der Waals surface area contributed by atoms with Gasteiger partial charge in [-0.1, -0.05) is 36.4 Å². The van der Waals surface area contributed by atoms with Crippen LogP contribution in [0.2, 0.25) is 0 Å². The van der Waals surface area contributed by atoms with Crippen LogP contribution in [0.5, 0.6) is 11.5 Å². The summed E-state index contributed by atoms with van der Waals surface area (Å²) in [7, 11) is 0. The SMILES string of the molecule is O=C(O)Cc1cn(Cc2cccc(Oc3c(C(F)(F)F)cccc3C(F)(F)F)c2)c2ccccc12. The van der Waals surface area contributed by atoms with Crippen LogP contribution in [0, 0.1) is 0 Å². The van der Waals surface area contributed by atoms with E-state index in [2.05, 4.69) is 0 Å². The number of benzene rings is 3. The van der Waals surface area contributed by atoms with Crippen molar-refractivity contribution in [2.45, 2.75) is 25.3 Å². The van der Waals surface area contributed by atoms with Crippen LogP contribution in [0.3, 0.4) is 0 Å². The maximum Gasteiger partial charge on any atom is 0.420 e. The topological polar surface area (TPSA) is 51.5 Å². The standard InChI is InChI=1S/C25H17F6NO3/c26-24(27,28)19-8-4-9-20(25(29,30)31)23(19)35-17-6-3-5-15(11-17)13-32-14-16(12-22(33)34)18-7-1-2-10-21(18)32/h1-11,14H,12-13H2,(H,33,34). The van der Waals surface area contributed by atoms with Crippen molar-refractivity contribution < 1.29 is 41.0 Å². The number of aliphatic carboxylic acids is 1. The Labute approximate surface area is 195 Å². The van der Waals surface area contributed by atoms with Crippen molar-refractivity contribution in [3.05, 3.63) is 95.2 Å². The second-order valence-electron chi connectivity index (χ2n) is 7.80. The highest BCUT2D eigenvalue weighted by Crippen LogP contribution is 2.45. The van der Waals surface area contributed by atoms with Crippen molar-refractivity contribution in [2.24, 2.45) is 0 Å². The highest BCUT2D eigenvalue weighted by Gasteiger charge is 2.42. The van der Waals surface area contributed by atoms with Crippen LogP contribution >= 0.6 is 0 Å². The van der Waals surface area contributed by atoms with Gasteiger partial charge >= 0.3 is 18.3 Å². The van der Waals surface area contributed by atoms with Crippen molar-refractivity contribution in [1.29, 1.82) is 0 Å². The number of nitrogens with zero attached hydrogens (tertiary/aromatic N) is 1. The molecule has 0 saturated heterocycles. The van der Waals surface area contributed by atoms with E-state index in [1.54, 1.807) is 41.1 Å². The molecule has 0 fully saturated rings. The van der Waals surface area contributed by atoms with Gasteiger partial charge in [-0.15, -0.1) is 0 Å². The number of rotatable bonds is 6. The first-order valence-electron chi connectivity index (χ1n) is 10.3. The molecule has 0 aliphatic rings. The molecule has 182 valence electrons. The number of ether oxygens (including phenoxy) is 1. The molecule has 0 aliphatic heterocycles. The third kappa shape index (κ3) is 5.26. The monoisotopic (exact) mass is 493 g/mol. The van der Waals surface area contributed by atoms with E-state index in [1.807, 2.05) is 0 Å². The van der Waals surface area contributed by atoms with Gasteiger partial charge < -0.3 is 14.4 Å². The summed E-state index contributed by atoms with van der Waals surface area (Å²) in [5.74, 6) is -2.53. The summed E-state index contributed by atoms with van der Waals surface area (Å²) in [5, 5.41) is 9.91. The molecule has 10 heteroatoms. The Morgan fingerprint density at radius 1 is 0.857 bits per heavy atom. The van der Waals surface area contributed by atoms with E-state index in [0.717, 1.165) is 10.9 Å². The summed E-state index contributed by atoms with van der Waals surface area (Å²) < 4.78 is 87.6. The first-order valence-corrected chi connectivity index (χ1v) is 10.3. The van der Waals surface area contributed by atoms with Crippen LogP contribution < -0.4 is 4.74 Å². The molecular formula is C25H17F6NO3. The number of fused-ring (bicyclic) bond motifs is 1. The Balaban J connectivity index is 1.70. The van der Waals surface area contributed by atoms with Gasteiger partial charge in [-0.25, -0.2) is 0 Å². The van der Waals surface area contributed by atoms with Crippen molar-refractivity contribution in [2.75, 3.05) is 0 Å². The molecule has 1 heterocycles. The van der Waals surface area contributed by atoms with Crippen LogP contribution in [0.1, 0.15) is 22.3 Å². The smallest absolute Gasteiger partial charge is 0.420 e. The Hall–Kier alpha value is -3.95. The number of hydrogen-bond donors (Lipinski definition) is 1. The van der Waals surface area contributed by atoms with Gasteiger partial charge in [0, 0.05) is 23.6 Å². The Kier molecular flexibility index (Phi) is 6.23. The quantitative estimate of drug-likeness (QED) is 0.290. The fourth-order valence-electron chi connectivity index (χ4n) is 3.87. The molecule has 35 heavy (non-hydrogen) atoms. The summed E-state index contributed by atoms with van der Waals surface area (Å²) in [6, 6.07) is 14.6. The third-order valence-corrected chi connectivity index (χ3v) is 5.31. The molecular weight excluding hydrogens is 476 g/mol. The molecule has 4 rings (SSSR count). The molecule has 4 aromatic rings. The molecule has 0 atom stereocenters. The van der Waals surface area contributed by atoms with Gasteiger partial charge in [0.05, 0.1) is 17.5 Å². The molecule has 1 N–H and O–H groups in total. The highest BCUT2D eigenvalue weighted by molar-refractivity contribution is 5.87. The van der Waals surface area contributed by atoms with E-state index in [1.165, 1.54) is 18.2 Å². The van der Waals surface area contributed by atoms with Crippen LogP contribution in [-0.4, -0.2) is 15.6 Å². The second-order valence-corrected chi connectivity index (χ2v) is 7.80. The third-order valence-electron chi connectivity index (χ3n) is 5.31. The fourth-order valence-corrected chi connectivity index (χ4v) is 3.87. The van der Waals surface area contributed by atoms with E-state index in [0.29, 0.717) is 29.3 Å². The zero-order valence-corrected chi connectivity index (χ0v) is 17.8. The average Bonchev–Trinajstić information content (AvgIpc) is 3.09. The Morgan fingerprint density at radius 3 is 2.11 bits per heavy atom. The van der Waals surface area contributed by atoms with Crippen LogP contribution in [0.25, 0.3) is 10.9 Å². The predicted molar refractivity (Wildman–Crippen MR) is 115 cm³/mol. The minimum absolute atomic E-state index is 0.185. The minimum Gasteiger partial charge on any atom is -0.481 e. The van der Waals surface area contributed by atoms with E-state index in [4.69, 9.17) is 4.74 Å². The van der Waals surface area contributed by atoms with Gasteiger partial charge in [-0.3, -0.25) is 4.79 Å². The zero-order chi connectivity index (χ0) is 25.4. The van der Waals surface area contributed by atoms with Crippen molar-refractivity contribution in [3.63, 3.8) is 0 Å². The number of carboxylic acid groups (broad SMARTS) is 1. The highest BCUT2D eigenvalue weighted by atomic mass is 19.4. The molecule has 3 aromatic carbocycles. The number of carbonyl (C=O) groups is 1. The van der Waals surface area contributed by atoms with E-state index >= 15 is 0 Å². The Morgan fingerprint density at radius 2 is 1.49 bits per heavy atom. The van der Waals surface area contributed by atoms with Crippen molar-refractivity contribution >= 4 is 16.9 Å². The fraction of sp³-hybridized carbons (Fsp3) is 0.160. The first kappa shape index (κ1) is 24.2. The lowest BCUT2D eigenvalue weighted by atomic mass is 10.1. The normalized spacial score (nSPS) is 12.2. The number of para-hydroxylation sites is 2. The zero-order valence-electron chi connectivity index (χ0n) is 17.8. The van der Waals surface area contributed by atoms with Gasteiger partial charge in [0.2, 0.25) is 0 Å². The number of aromatic nitrogens is 1. The second kappa shape index (κ2) is 9.01. The van der Waals surface area contributed by atoms with Gasteiger partial charge in [0.1, 0.15) is 5.75 Å². The van der Waals surface area contributed by atoms with E-state index in [-0.39, 0.29) is 18.7 Å². The summed E-state index contributed by atoms with van der Waals surface area (Å²) >= 11 is 0. The van der Waals surface area contributed by atoms with E-state index < -0.39 is 35.2 Å². The first-order chi connectivity index (χ1) is 16.4. The lowest BCUT2D eigenvalue weighted by molar-refractivity contribution is -0.145. The predicted octanol–water partition coefficient (Wildman–Crippen LogP) is 7.15. The van der Waals surface area contributed by atoms with Crippen molar-refractivity contribution in [3.8, 4) is 11.5 Å². The molecule has 0 saturated carbocycles. The maximum absolute atomic E-state index is 13.4. The van der Waals surface area contributed by atoms with Crippen LogP contribution in [-0.2, 0) is 30.1 Å². The van der Waals surface area contributed by atoms with Gasteiger partial charge in [0.25, 0.3) is 0 Å². The molecule has 0 aliphatic carbocycles. The number of carboxylic acids is 1.